The summed E-state index contributed by atoms with van der Waals surface area (Å²) in [5.74, 6) is 0.512. The molecule has 1 heterocycles. The summed E-state index contributed by atoms with van der Waals surface area (Å²) >= 11 is 0. The lowest BCUT2D eigenvalue weighted by atomic mass is 10.3. The molecule has 0 radical (unpaired) electrons. The Kier molecular flexibility index (Phi) is 6.48. The van der Waals surface area contributed by atoms with E-state index in [1.165, 1.54) is 0 Å². The molecular weight excluding hydrogens is 208 g/mol. The first-order valence-corrected chi connectivity index (χ1v) is 5.19. The van der Waals surface area contributed by atoms with Crippen molar-refractivity contribution in [3.8, 4) is 0 Å². The van der Waals surface area contributed by atoms with Crippen LogP contribution in [0.5, 0.6) is 0 Å². The van der Waals surface area contributed by atoms with Gasteiger partial charge in [0.15, 0.2) is 0 Å². The van der Waals surface area contributed by atoms with Crippen molar-refractivity contribution in [2.75, 3.05) is 39.3 Å². The van der Waals surface area contributed by atoms with Gasteiger partial charge in [0.2, 0.25) is 0 Å². The Balaban J connectivity index is 2.03. The number of hydrogen-bond acceptors (Lipinski definition) is 5. The van der Waals surface area contributed by atoms with E-state index in [4.69, 9.17) is 19.9 Å². The minimum Gasteiger partial charge on any atom is -0.384 e. The van der Waals surface area contributed by atoms with Crippen molar-refractivity contribution >= 4 is 5.82 Å². The number of nitrogens with two attached hydrogens (primary N) is 1. The highest BCUT2D eigenvalue weighted by Crippen LogP contribution is 2.01. The van der Waals surface area contributed by atoms with Crippen LogP contribution in [0.4, 0.5) is 5.82 Å². The maximum Gasteiger partial charge on any atom is 0.123 e. The van der Waals surface area contributed by atoms with Crippen molar-refractivity contribution in [3.05, 3.63) is 23.9 Å². The monoisotopic (exact) mass is 226 g/mol. The van der Waals surface area contributed by atoms with Gasteiger partial charge in [0.05, 0.1) is 38.7 Å². The molecule has 0 atom stereocenters. The van der Waals surface area contributed by atoms with Gasteiger partial charge in [-0.05, 0) is 12.1 Å². The summed E-state index contributed by atoms with van der Waals surface area (Å²) in [5.41, 5.74) is 6.37. The summed E-state index contributed by atoms with van der Waals surface area (Å²) in [7, 11) is 1.64. The number of anilines is 1. The quantitative estimate of drug-likeness (QED) is 0.665. The van der Waals surface area contributed by atoms with Crippen LogP contribution in [0.2, 0.25) is 0 Å². The molecule has 0 saturated carbocycles. The van der Waals surface area contributed by atoms with Crippen LogP contribution in [0, 0.1) is 0 Å². The standard InChI is InChI=1S/C11H18N2O3/c1-14-5-6-15-7-8-16-9-10-3-2-4-11(12)13-10/h2-4H,5-9H2,1H3,(H2,12,13). The van der Waals surface area contributed by atoms with Crippen LogP contribution < -0.4 is 5.73 Å². The zero-order valence-electron chi connectivity index (χ0n) is 9.52. The minimum atomic E-state index is 0.457. The highest BCUT2D eigenvalue weighted by atomic mass is 16.5. The molecular formula is C11H18N2O3. The average Bonchev–Trinajstić information content (AvgIpc) is 2.28. The van der Waals surface area contributed by atoms with Crippen LogP contribution in [-0.2, 0) is 20.8 Å². The first-order valence-electron chi connectivity index (χ1n) is 5.19. The molecule has 0 aliphatic carbocycles. The molecule has 0 amide bonds. The first kappa shape index (κ1) is 12.9. The Morgan fingerprint density at radius 3 is 2.62 bits per heavy atom. The van der Waals surface area contributed by atoms with E-state index in [-0.39, 0.29) is 0 Å². The maximum absolute atomic E-state index is 5.54. The smallest absolute Gasteiger partial charge is 0.123 e. The average molecular weight is 226 g/mol. The van der Waals surface area contributed by atoms with Gasteiger partial charge in [0.25, 0.3) is 0 Å². The Hall–Kier alpha value is -1.17. The summed E-state index contributed by atoms with van der Waals surface area (Å²) < 4.78 is 15.5. The highest BCUT2D eigenvalue weighted by molar-refractivity contribution is 5.28. The molecule has 0 spiro atoms. The van der Waals surface area contributed by atoms with Crippen molar-refractivity contribution in [2.45, 2.75) is 6.61 Å². The Labute approximate surface area is 95.5 Å². The van der Waals surface area contributed by atoms with Crippen molar-refractivity contribution in [3.63, 3.8) is 0 Å². The lowest BCUT2D eigenvalue weighted by molar-refractivity contribution is 0.0193. The van der Waals surface area contributed by atoms with Gasteiger partial charge in [0.1, 0.15) is 5.82 Å². The fourth-order valence-corrected chi connectivity index (χ4v) is 1.12. The van der Waals surface area contributed by atoms with Crippen LogP contribution in [0.1, 0.15) is 5.69 Å². The van der Waals surface area contributed by atoms with E-state index in [0.29, 0.717) is 38.9 Å². The highest BCUT2D eigenvalue weighted by Gasteiger charge is 1.95. The molecule has 90 valence electrons. The first-order chi connectivity index (χ1) is 7.83. The number of methoxy groups -OCH3 is 1. The second-order valence-corrected chi connectivity index (χ2v) is 3.21. The molecule has 0 aliphatic rings. The third-order valence-corrected chi connectivity index (χ3v) is 1.88. The fraction of sp³-hybridized carbons (Fsp3) is 0.545. The topological polar surface area (TPSA) is 66.6 Å². The molecule has 1 aromatic rings. The summed E-state index contributed by atoms with van der Waals surface area (Å²) in [5, 5.41) is 0. The van der Waals surface area contributed by atoms with Crippen LogP contribution in [-0.4, -0.2) is 38.5 Å². The van der Waals surface area contributed by atoms with Gasteiger partial charge in [-0.2, -0.15) is 0 Å². The van der Waals surface area contributed by atoms with E-state index in [2.05, 4.69) is 4.98 Å². The Bertz CT molecular complexity index is 294. The summed E-state index contributed by atoms with van der Waals surface area (Å²) in [4.78, 5) is 4.11. The third-order valence-electron chi connectivity index (χ3n) is 1.88. The SMILES string of the molecule is COCCOCCOCc1cccc(N)n1. The van der Waals surface area contributed by atoms with E-state index in [0.717, 1.165) is 5.69 Å². The van der Waals surface area contributed by atoms with E-state index in [1.807, 2.05) is 12.1 Å². The Morgan fingerprint density at radius 1 is 1.12 bits per heavy atom. The van der Waals surface area contributed by atoms with E-state index in [1.54, 1.807) is 13.2 Å². The van der Waals surface area contributed by atoms with Gasteiger partial charge in [-0.3, -0.25) is 0 Å². The summed E-state index contributed by atoms with van der Waals surface area (Å²) in [6.45, 7) is 2.76. The number of nitrogen functional groups attached to an aromatic ring is 1. The lowest BCUT2D eigenvalue weighted by Crippen LogP contribution is -2.08. The molecule has 2 N–H and O–H groups in total. The fourth-order valence-electron chi connectivity index (χ4n) is 1.12. The number of aromatic nitrogens is 1. The van der Waals surface area contributed by atoms with Crippen molar-refractivity contribution < 1.29 is 14.2 Å². The molecule has 16 heavy (non-hydrogen) atoms. The van der Waals surface area contributed by atoms with Gasteiger partial charge < -0.3 is 19.9 Å². The zero-order valence-corrected chi connectivity index (χ0v) is 9.52. The molecule has 0 aliphatic heterocycles. The molecule has 1 aromatic heterocycles. The molecule has 0 bridgehead atoms. The number of pyridine rings is 1. The van der Waals surface area contributed by atoms with E-state index in [9.17, 15) is 0 Å². The van der Waals surface area contributed by atoms with Crippen LogP contribution in [0.25, 0.3) is 0 Å². The van der Waals surface area contributed by atoms with Gasteiger partial charge in [-0.15, -0.1) is 0 Å². The molecule has 0 fully saturated rings. The normalized spacial score (nSPS) is 10.6. The van der Waals surface area contributed by atoms with Gasteiger partial charge in [-0.1, -0.05) is 6.07 Å². The van der Waals surface area contributed by atoms with Crippen LogP contribution >= 0.6 is 0 Å². The van der Waals surface area contributed by atoms with E-state index < -0.39 is 0 Å². The van der Waals surface area contributed by atoms with Crippen LogP contribution in [0.3, 0.4) is 0 Å². The summed E-state index contributed by atoms with van der Waals surface area (Å²) in [6.07, 6.45) is 0. The second-order valence-electron chi connectivity index (χ2n) is 3.21. The predicted octanol–water partition coefficient (Wildman–Crippen LogP) is 0.843. The lowest BCUT2D eigenvalue weighted by Gasteiger charge is -2.05. The number of hydrogen-bond donors (Lipinski definition) is 1. The second kappa shape index (κ2) is 8.04. The number of nitrogens with zero attached hydrogens (tertiary/aromatic N) is 1. The molecule has 0 aromatic carbocycles. The van der Waals surface area contributed by atoms with E-state index >= 15 is 0 Å². The third kappa shape index (κ3) is 5.65. The van der Waals surface area contributed by atoms with Crippen molar-refractivity contribution in [1.82, 2.24) is 4.98 Å². The predicted molar refractivity (Wildman–Crippen MR) is 61.0 cm³/mol. The number of rotatable bonds is 8. The van der Waals surface area contributed by atoms with Gasteiger partial charge in [0, 0.05) is 7.11 Å². The molecule has 1 rings (SSSR count). The number of ether oxygens (including phenoxy) is 3. The van der Waals surface area contributed by atoms with Crippen molar-refractivity contribution in [1.29, 1.82) is 0 Å². The molecule has 0 saturated heterocycles. The van der Waals surface area contributed by atoms with Gasteiger partial charge in [-0.25, -0.2) is 4.98 Å². The largest absolute Gasteiger partial charge is 0.384 e. The molecule has 0 unspecified atom stereocenters. The van der Waals surface area contributed by atoms with Crippen LogP contribution in [0.15, 0.2) is 18.2 Å². The van der Waals surface area contributed by atoms with Crippen molar-refractivity contribution in [2.24, 2.45) is 0 Å². The van der Waals surface area contributed by atoms with Gasteiger partial charge >= 0.3 is 0 Å². The Morgan fingerprint density at radius 2 is 1.88 bits per heavy atom. The summed E-state index contributed by atoms with van der Waals surface area (Å²) in [6, 6.07) is 5.48. The molecule has 5 nitrogen and oxygen atoms in total. The zero-order chi connectivity index (χ0) is 11.6. The molecule has 5 heteroatoms. The maximum atomic E-state index is 5.54. The minimum absolute atomic E-state index is 0.457.